The molecule has 11 heteroatoms. The zero-order valence-corrected chi connectivity index (χ0v) is 23.7. The molecule has 1 spiro atoms. The van der Waals surface area contributed by atoms with Crippen molar-refractivity contribution < 1.29 is 32.6 Å². The molecule has 44 heavy (non-hydrogen) atoms. The molecule has 2 atom stereocenters. The fraction of sp³-hybridized carbons (Fsp3) is 0.303. The van der Waals surface area contributed by atoms with Crippen LogP contribution in [0.4, 0.5) is 18.9 Å². The number of ether oxygens (including phenoxy) is 1. The molecular formula is C33H31F3N4O4. The zero-order valence-electron chi connectivity index (χ0n) is 23.7. The van der Waals surface area contributed by atoms with E-state index in [4.69, 9.17) is 14.6 Å². The first-order chi connectivity index (χ1) is 21.1. The standard InChI is InChI=1S/C31H30N4O2.C2HF3O2/c36-30-31(25-3-1-2-4-28(25)32-30)20-26(31)23-10-11-24-27(33-34-29(24)19-23)12-9-21-5-7-22(8-6-21)13-14-35-15-17-37-18-16-35;3-2(4,5)1(6)7/h1-12,19,26H,13-18,20H2,(H,32,36)(H,33,34);(H,6,7)/t26-,31-;/m0./s1. The molecule has 3 aromatic carbocycles. The molecule has 1 saturated carbocycles. The van der Waals surface area contributed by atoms with Crippen molar-refractivity contribution in [3.8, 4) is 0 Å². The number of benzene rings is 3. The maximum Gasteiger partial charge on any atom is 0.490 e. The number of hydrogen-bond acceptors (Lipinski definition) is 5. The highest BCUT2D eigenvalue weighted by Crippen LogP contribution is 2.65. The lowest BCUT2D eigenvalue weighted by atomic mass is 9.92. The number of fused-ring (bicyclic) bond motifs is 3. The van der Waals surface area contributed by atoms with Crippen molar-refractivity contribution in [1.29, 1.82) is 0 Å². The highest BCUT2D eigenvalue weighted by molar-refractivity contribution is 6.09. The van der Waals surface area contributed by atoms with Crippen LogP contribution in [-0.4, -0.2) is 71.1 Å². The first-order valence-electron chi connectivity index (χ1n) is 14.4. The fourth-order valence-corrected chi connectivity index (χ4v) is 6.04. The summed E-state index contributed by atoms with van der Waals surface area (Å²) < 4.78 is 37.2. The molecule has 0 radical (unpaired) electrons. The van der Waals surface area contributed by atoms with Crippen LogP contribution < -0.4 is 5.32 Å². The van der Waals surface area contributed by atoms with Crippen LogP contribution in [-0.2, 0) is 26.2 Å². The second-order valence-corrected chi connectivity index (χ2v) is 11.2. The van der Waals surface area contributed by atoms with E-state index in [1.54, 1.807) is 0 Å². The number of morpholine rings is 1. The Morgan fingerprint density at radius 3 is 2.52 bits per heavy atom. The second-order valence-electron chi connectivity index (χ2n) is 11.2. The van der Waals surface area contributed by atoms with Gasteiger partial charge in [-0.05, 0) is 53.3 Å². The van der Waals surface area contributed by atoms with Crippen molar-refractivity contribution in [3.63, 3.8) is 0 Å². The number of carboxylic acids is 1. The number of aromatic nitrogens is 2. The molecule has 1 aliphatic carbocycles. The van der Waals surface area contributed by atoms with Crippen LogP contribution in [0.1, 0.15) is 40.3 Å². The molecule has 1 aromatic heterocycles. The average molecular weight is 605 g/mol. The summed E-state index contributed by atoms with van der Waals surface area (Å²) in [5.41, 5.74) is 7.30. The topological polar surface area (TPSA) is 108 Å². The zero-order chi connectivity index (χ0) is 30.9. The van der Waals surface area contributed by atoms with Gasteiger partial charge in [-0.1, -0.05) is 60.7 Å². The van der Waals surface area contributed by atoms with Crippen molar-refractivity contribution >= 4 is 40.6 Å². The Bertz CT molecular complexity index is 1710. The Morgan fingerprint density at radius 1 is 1.07 bits per heavy atom. The quantitative estimate of drug-likeness (QED) is 0.264. The maximum absolute atomic E-state index is 12.9. The van der Waals surface area contributed by atoms with Gasteiger partial charge in [0.2, 0.25) is 5.91 Å². The number of nitrogens with zero attached hydrogens (tertiary/aromatic N) is 2. The summed E-state index contributed by atoms with van der Waals surface area (Å²) >= 11 is 0. The molecule has 3 aliphatic rings. The summed E-state index contributed by atoms with van der Waals surface area (Å²) in [6.45, 7) is 4.84. The second kappa shape index (κ2) is 11.9. The summed E-state index contributed by atoms with van der Waals surface area (Å²) in [4.78, 5) is 24.2. The van der Waals surface area contributed by atoms with Crippen LogP contribution in [0, 0.1) is 0 Å². The SMILES string of the molecule is O=C(O)C(F)(F)F.O=C1Nc2ccccc2[C@]12C[C@H]2c1ccc2c(C=Cc3ccc(CCN4CCOCC4)cc3)n[nH]c2c1. The van der Waals surface area contributed by atoms with Gasteiger partial charge in [-0.25, -0.2) is 4.79 Å². The van der Waals surface area contributed by atoms with E-state index >= 15 is 0 Å². The van der Waals surface area contributed by atoms with Gasteiger partial charge in [0, 0.05) is 36.6 Å². The van der Waals surface area contributed by atoms with Gasteiger partial charge in [0.1, 0.15) is 0 Å². The number of nitrogens with one attached hydrogen (secondary N) is 2. The Kier molecular flexibility index (Phi) is 8.00. The lowest BCUT2D eigenvalue weighted by Crippen LogP contribution is -2.37. The van der Waals surface area contributed by atoms with E-state index in [2.05, 4.69) is 81.1 Å². The molecule has 1 amide bonds. The molecule has 8 nitrogen and oxygen atoms in total. The number of aliphatic carboxylic acids is 1. The monoisotopic (exact) mass is 604 g/mol. The Labute approximate surface area is 251 Å². The number of alkyl halides is 3. The summed E-state index contributed by atoms with van der Waals surface area (Å²) in [5.74, 6) is -2.43. The Morgan fingerprint density at radius 2 is 1.80 bits per heavy atom. The molecule has 3 heterocycles. The number of carboxylic acid groups (broad SMARTS) is 1. The van der Waals surface area contributed by atoms with E-state index in [0.29, 0.717) is 0 Å². The minimum atomic E-state index is -5.08. The predicted molar refractivity (Wildman–Crippen MR) is 160 cm³/mol. The molecule has 4 aromatic rings. The number of carbonyl (C=O) groups is 2. The molecule has 7 rings (SSSR count). The highest BCUT2D eigenvalue weighted by Gasteiger charge is 2.65. The van der Waals surface area contributed by atoms with Crippen LogP contribution in [0.15, 0.2) is 66.7 Å². The number of halogens is 3. The Hall–Kier alpha value is -4.48. The van der Waals surface area contributed by atoms with Crippen LogP contribution in [0.2, 0.25) is 0 Å². The van der Waals surface area contributed by atoms with Crippen LogP contribution in [0.3, 0.4) is 0 Å². The van der Waals surface area contributed by atoms with Crippen molar-refractivity contribution in [1.82, 2.24) is 15.1 Å². The number of amides is 1. The highest BCUT2D eigenvalue weighted by atomic mass is 19.4. The first kappa shape index (κ1) is 29.6. The van der Waals surface area contributed by atoms with E-state index in [9.17, 15) is 18.0 Å². The molecule has 1 saturated heterocycles. The fourth-order valence-electron chi connectivity index (χ4n) is 6.04. The predicted octanol–water partition coefficient (Wildman–Crippen LogP) is 5.62. The third kappa shape index (κ3) is 5.97. The molecule has 0 unspecified atom stereocenters. The minimum Gasteiger partial charge on any atom is -0.475 e. The number of anilines is 1. The molecular weight excluding hydrogens is 573 g/mol. The number of H-pyrrole nitrogens is 1. The average Bonchev–Trinajstić information content (AvgIpc) is 3.56. The van der Waals surface area contributed by atoms with Gasteiger partial charge in [0.05, 0.1) is 29.8 Å². The summed E-state index contributed by atoms with van der Waals surface area (Å²) in [7, 11) is 0. The van der Waals surface area contributed by atoms with E-state index in [-0.39, 0.29) is 11.8 Å². The van der Waals surface area contributed by atoms with E-state index in [1.807, 2.05) is 18.2 Å². The molecule has 3 N–H and O–H groups in total. The third-order valence-corrected chi connectivity index (χ3v) is 8.52. The smallest absolute Gasteiger partial charge is 0.475 e. The van der Waals surface area contributed by atoms with Gasteiger partial charge in [-0.15, -0.1) is 0 Å². The summed E-state index contributed by atoms with van der Waals surface area (Å²) in [6.07, 6.45) is 1.02. The van der Waals surface area contributed by atoms with Crippen molar-refractivity contribution in [2.75, 3.05) is 38.2 Å². The van der Waals surface area contributed by atoms with Crippen molar-refractivity contribution in [3.05, 3.63) is 94.7 Å². The minimum absolute atomic E-state index is 0.124. The largest absolute Gasteiger partial charge is 0.490 e. The number of rotatable bonds is 6. The van der Waals surface area contributed by atoms with Crippen molar-refractivity contribution in [2.24, 2.45) is 0 Å². The molecule has 2 fully saturated rings. The van der Waals surface area contributed by atoms with Gasteiger partial charge in [0.25, 0.3) is 0 Å². The Balaban J connectivity index is 0.000000441. The summed E-state index contributed by atoms with van der Waals surface area (Å²) in [6, 6.07) is 23.3. The maximum atomic E-state index is 12.9. The summed E-state index contributed by atoms with van der Waals surface area (Å²) in [5, 5.41) is 19.1. The van der Waals surface area contributed by atoms with E-state index in [0.717, 1.165) is 79.1 Å². The van der Waals surface area contributed by atoms with Crippen molar-refractivity contribution in [2.45, 2.75) is 30.4 Å². The molecule has 2 aliphatic heterocycles. The van der Waals surface area contributed by atoms with Gasteiger partial charge in [-0.2, -0.15) is 18.3 Å². The van der Waals surface area contributed by atoms with Crippen LogP contribution >= 0.6 is 0 Å². The molecule has 0 bridgehead atoms. The van der Waals surface area contributed by atoms with Gasteiger partial charge >= 0.3 is 12.1 Å². The lowest BCUT2D eigenvalue weighted by Gasteiger charge is -2.26. The van der Waals surface area contributed by atoms with Gasteiger partial charge < -0.3 is 15.2 Å². The van der Waals surface area contributed by atoms with Gasteiger partial charge in [-0.3, -0.25) is 14.8 Å². The third-order valence-electron chi connectivity index (χ3n) is 8.52. The first-order valence-corrected chi connectivity index (χ1v) is 14.4. The van der Waals surface area contributed by atoms with Crippen LogP contribution in [0.5, 0.6) is 0 Å². The number of hydrogen-bond donors (Lipinski definition) is 3. The van der Waals surface area contributed by atoms with E-state index < -0.39 is 17.6 Å². The normalized spacial score (nSPS) is 21.2. The van der Waals surface area contributed by atoms with E-state index in [1.165, 1.54) is 11.1 Å². The lowest BCUT2D eigenvalue weighted by molar-refractivity contribution is -0.192. The number of aromatic amines is 1. The van der Waals surface area contributed by atoms with Crippen LogP contribution in [0.25, 0.3) is 23.1 Å². The van der Waals surface area contributed by atoms with Gasteiger partial charge in [0.15, 0.2) is 0 Å². The number of para-hydroxylation sites is 1. The molecule has 228 valence electrons. The number of carbonyl (C=O) groups excluding carboxylic acids is 1.